The number of nitrogens with zero attached hydrogens (tertiary/aromatic N) is 5. The molecule has 5 aromatic rings. The Morgan fingerprint density at radius 1 is 1.00 bits per heavy atom. The average molecular weight is 495 g/mol. The van der Waals surface area contributed by atoms with Crippen LogP contribution in [0.1, 0.15) is 5.56 Å². The first-order chi connectivity index (χ1) is 16.9. The first kappa shape index (κ1) is 22.5. The second-order valence-corrected chi connectivity index (χ2v) is 7.75. The van der Waals surface area contributed by atoms with Gasteiger partial charge >= 0.3 is 6.61 Å². The summed E-state index contributed by atoms with van der Waals surface area (Å²) in [6.07, 6.45) is 2.56. The van der Waals surface area contributed by atoms with E-state index in [0.29, 0.717) is 44.6 Å². The number of hydrogen-bond acceptors (Lipinski definition) is 6. The molecule has 176 valence electrons. The lowest BCUT2D eigenvalue weighted by Gasteiger charge is -2.11. The molecule has 0 aliphatic carbocycles. The van der Waals surface area contributed by atoms with Crippen LogP contribution in [-0.4, -0.2) is 36.1 Å². The highest BCUT2D eigenvalue weighted by atomic mass is 35.5. The number of pyridine rings is 3. The minimum absolute atomic E-state index is 0.0547. The van der Waals surface area contributed by atoms with Gasteiger partial charge in [-0.2, -0.15) is 13.5 Å². The van der Waals surface area contributed by atoms with Gasteiger partial charge in [-0.1, -0.05) is 12.1 Å². The van der Waals surface area contributed by atoms with Crippen molar-refractivity contribution < 1.29 is 18.7 Å². The Kier molecular flexibility index (Phi) is 5.87. The van der Waals surface area contributed by atoms with E-state index in [1.165, 1.54) is 24.5 Å². The van der Waals surface area contributed by atoms with Crippen LogP contribution >= 0.6 is 11.6 Å². The number of halogens is 3. The summed E-state index contributed by atoms with van der Waals surface area (Å²) in [6.45, 7) is -2.94. The van der Waals surface area contributed by atoms with Crippen LogP contribution in [0.5, 0.6) is 5.75 Å². The van der Waals surface area contributed by atoms with Crippen LogP contribution in [0.15, 0.2) is 73.1 Å². The van der Waals surface area contributed by atoms with Crippen LogP contribution in [0.4, 0.5) is 8.78 Å². The molecule has 0 saturated carbocycles. The van der Waals surface area contributed by atoms with Crippen molar-refractivity contribution in [3.05, 3.63) is 84.1 Å². The zero-order valence-corrected chi connectivity index (χ0v) is 18.7. The molecular weight excluding hydrogens is 478 g/mol. The van der Waals surface area contributed by atoms with E-state index in [1.807, 2.05) is 24.3 Å². The quantitative estimate of drug-likeness (QED) is 0.255. The van der Waals surface area contributed by atoms with Crippen molar-refractivity contribution in [1.29, 1.82) is 5.41 Å². The second kappa shape index (κ2) is 9.15. The molecule has 2 N–H and O–H groups in total. The Bertz CT molecular complexity index is 1570. The molecule has 8 nitrogen and oxygen atoms in total. The van der Waals surface area contributed by atoms with Gasteiger partial charge in [0.2, 0.25) is 0 Å². The predicted molar refractivity (Wildman–Crippen MR) is 125 cm³/mol. The molecule has 0 fully saturated rings. The van der Waals surface area contributed by atoms with E-state index < -0.39 is 6.61 Å². The molecule has 0 saturated heterocycles. The van der Waals surface area contributed by atoms with Gasteiger partial charge in [-0.05, 0) is 54.1 Å². The van der Waals surface area contributed by atoms with E-state index in [4.69, 9.17) is 27.0 Å². The molecule has 35 heavy (non-hydrogen) atoms. The summed E-state index contributed by atoms with van der Waals surface area (Å²) in [5, 5.41) is 18.4. The standard InChI is InChI=1S/C24H17ClF2N6O2/c25-12-14-3-5-15(6-4-14)33-22(17-2-1-11-32(34)21(17)28)31-20-10-9-19(30-23(20)33)18-8-7-16(13-29-18)35-24(26)27/h1-11,13,24,28,34H,12H2. The Balaban J connectivity index is 1.70. The van der Waals surface area contributed by atoms with Crippen LogP contribution in [0, 0.1) is 5.41 Å². The number of benzene rings is 1. The van der Waals surface area contributed by atoms with Gasteiger partial charge in [0.15, 0.2) is 17.0 Å². The van der Waals surface area contributed by atoms with Crippen LogP contribution in [0.2, 0.25) is 0 Å². The smallest absolute Gasteiger partial charge is 0.387 e. The summed E-state index contributed by atoms with van der Waals surface area (Å²) in [6, 6.07) is 17.2. The van der Waals surface area contributed by atoms with E-state index in [2.05, 4.69) is 9.72 Å². The topological polar surface area (TPSA) is 102 Å². The van der Waals surface area contributed by atoms with Crippen molar-refractivity contribution in [2.45, 2.75) is 12.5 Å². The molecule has 0 spiro atoms. The Labute approximate surface area is 202 Å². The maximum atomic E-state index is 12.5. The third-order valence-corrected chi connectivity index (χ3v) is 5.60. The molecule has 0 bridgehead atoms. The van der Waals surface area contributed by atoms with Gasteiger partial charge in [0.1, 0.15) is 11.3 Å². The molecule has 0 aliphatic rings. The number of fused-ring (bicyclic) bond motifs is 1. The van der Waals surface area contributed by atoms with Gasteiger partial charge in [0, 0.05) is 17.8 Å². The van der Waals surface area contributed by atoms with Crippen molar-refractivity contribution in [2.75, 3.05) is 0 Å². The van der Waals surface area contributed by atoms with Crippen LogP contribution in [-0.2, 0) is 5.88 Å². The fourth-order valence-electron chi connectivity index (χ4n) is 3.64. The highest BCUT2D eigenvalue weighted by Gasteiger charge is 2.19. The molecule has 0 aliphatic heterocycles. The predicted octanol–water partition coefficient (Wildman–Crippen LogP) is 5.01. The van der Waals surface area contributed by atoms with Gasteiger partial charge in [-0.15, -0.1) is 11.6 Å². The minimum Gasteiger partial charge on any atom is -0.433 e. The van der Waals surface area contributed by atoms with Gasteiger partial charge in [0.25, 0.3) is 0 Å². The molecule has 0 amide bonds. The van der Waals surface area contributed by atoms with E-state index in [9.17, 15) is 14.0 Å². The van der Waals surface area contributed by atoms with Crippen LogP contribution in [0.25, 0.3) is 39.6 Å². The van der Waals surface area contributed by atoms with E-state index in [0.717, 1.165) is 11.3 Å². The van der Waals surface area contributed by atoms with E-state index in [1.54, 1.807) is 28.8 Å². The van der Waals surface area contributed by atoms with E-state index in [-0.39, 0.29) is 11.2 Å². The van der Waals surface area contributed by atoms with Gasteiger partial charge in [0.05, 0.1) is 23.1 Å². The SMILES string of the molecule is N=c1c(-c2nc3ccc(-c4ccc(OC(F)F)cn4)nc3n2-c2ccc(CCl)cc2)cccn1O. The number of ether oxygens (including phenoxy) is 1. The summed E-state index contributed by atoms with van der Waals surface area (Å²) < 4.78 is 31.8. The number of alkyl halides is 3. The lowest BCUT2D eigenvalue weighted by Crippen LogP contribution is -2.20. The third-order valence-electron chi connectivity index (χ3n) is 5.29. The van der Waals surface area contributed by atoms with E-state index >= 15 is 0 Å². The summed E-state index contributed by atoms with van der Waals surface area (Å²) in [5.41, 5.74) is 3.88. The van der Waals surface area contributed by atoms with Gasteiger partial charge in [-0.3, -0.25) is 15.0 Å². The Hall–Kier alpha value is -4.31. The summed E-state index contributed by atoms with van der Waals surface area (Å²) in [5.74, 6) is 0.711. The molecule has 4 aromatic heterocycles. The molecule has 11 heteroatoms. The fraction of sp³-hybridized carbons (Fsp3) is 0.0833. The highest BCUT2D eigenvalue weighted by molar-refractivity contribution is 6.17. The van der Waals surface area contributed by atoms with Crippen molar-refractivity contribution in [1.82, 2.24) is 24.2 Å². The summed E-state index contributed by atoms with van der Waals surface area (Å²) in [4.78, 5) is 13.6. The van der Waals surface area contributed by atoms with Crippen LogP contribution < -0.4 is 10.2 Å². The molecule has 1 aromatic carbocycles. The fourth-order valence-corrected chi connectivity index (χ4v) is 3.82. The second-order valence-electron chi connectivity index (χ2n) is 7.48. The minimum atomic E-state index is -2.94. The van der Waals surface area contributed by atoms with Crippen LogP contribution in [0.3, 0.4) is 0 Å². The number of hydrogen-bond donors (Lipinski definition) is 2. The highest BCUT2D eigenvalue weighted by Crippen LogP contribution is 2.29. The van der Waals surface area contributed by atoms with Gasteiger partial charge < -0.3 is 9.94 Å². The molecule has 5 rings (SSSR count). The van der Waals surface area contributed by atoms with Gasteiger partial charge in [-0.25, -0.2) is 9.97 Å². The molecule has 0 atom stereocenters. The first-order valence-electron chi connectivity index (χ1n) is 10.4. The van der Waals surface area contributed by atoms with Crippen molar-refractivity contribution in [3.63, 3.8) is 0 Å². The van der Waals surface area contributed by atoms with Crippen molar-refractivity contribution >= 4 is 22.8 Å². The number of imidazole rings is 1. The zero-order chi connectivity index (χ0) is 24.5. The maximum absolute atomic E-state index is 12.5. The average Bonchev–Trinajstić information content (AvgIpc) is 3.24. The third kappa shape index (κ3) is 4.31. The number of rotatable bonds is 6. The number of aromatic nitrogens is 5. The Morgan fingerprint density at radius 2 is 1.77 bits per heavy atom. The lowest BCUT2D eigenvalue weighted by molar-refractivity contribution is -0.0500. The molecule has 4 heterocycles. The van der Waals surface area contributed by atoms with Crippen molar-refractivity contribution in [2.24, 2.45) is 0 Å². The summed E-state index contributed by atoms with van der Waals surface area (Å²) in [7, 11) is 0. The first-order valence-corrected chi connectivity index (χ1v) is 10.9. The Morgan fingerprint density at radius 3 is 2.46 bits per heavy atom. The molecule has 0 radical (unpaired) electrons. The normalized spacial score (nSPS) is 11.3. The summed E-state index contributed by atoms with van der Waals surface area (Å²) >= 11 is 5.95. The zero-order valence-electron chi connectivity index (χ0n) is 17.9. The van der Waals surface area contributed by atoms with Crippen molar-refractivity contribution in [3.8, 4) is 34.2 Å². The largest absolute Gasteiger partial charge is 0.433 e. The lowest BCUT2D eigenvalue weighted by atomic mass is 10.2. The number of nitrogens with one attached hydrogen (secondary N) is 1. The molecular formula is C24H17ClF2N6O2. The molecule has 0 unspecified atom stereocenters. The monoisotopic (exact) mass is 494 g/mol. The maximum Gasteiger partial charge on any atom is 0.387 e.